The third-order valence-electron chi connectivity index (χ3n) is 19.1. The summed E-state index contributed by atoms with van der Waals surface area (Å²) in [7, 11) is -4.67. The normalized spacial score (nSPS) is 25.3. The number of para-hydroxylation sites is 1. The van der Waals surface area contributed by atoms with Crippen LogP contribution in [0.3, 0.4) is 0 Å². The lowest BCUT2D eigenvalue weighted by molar-refractivity contribution is -0.384. The van der Waals surface area contributed by atoms with Gasteiger partial charge in [0.2, 0.25) is 5.88 Å². The number of piperidine rings is 1. The number of nitro benzene ring substituents is 1. The molecule has 0 unspecified atom stereocenters. The first kappa shape index (κ1) is 57.0. The van der Waals surface area contributed by atoms with E-state index in [1.165, 1.54) is 24.3 Å². The predicted octanol–water partition coefficient (Wildman–Crippen LogP) is 10.3. The molecule has 450 valence electrons. The standard InChI is InChI=1S/C63H73F2N9O10S/c1-38(2)83-56-7-5-4-6-44(56)55-36-71(50-16-27-82-57-32-48(65)47(64)31-46(50)57)24-25-72(55)42-33-63(34-42)19-22-70(23-20-63)41-8-10-45(52(29-41)73-51-15-26-81-37-58(51)84-61-54(73)28-40-14-21-66-59(40)68-61)60(75)69-85(79,80)43-9-11-49(53(30-43)74(77)78)67-35-39-12-17-62(3,76)18-13-39/h4-11,14,21,28-32,38-39,42,50-51,55,58,67,76H,12-13,15-20,22-27,33-37H2,1-3H3,(H,66,68)(H,69,75)/t39?,50-,51-,55+,58-,62?/m0/s1. The first-order valence-electron chi connectivity index (χ1n) is 30.0. The monoisotopic (exact) mass is 1190 g/mol. The van der Waals surface area contributed by atoms with Crippen LogP contribution in [-0.2, 0) is 14.8 Å². The van der Waals surface area contributed by atoms with Gasteiger partial charge >= 0.3 is 0 Å². The Labute approximate surface area is 493 Å². The van der Waals surface area contributed by atoms with Gasteiger partial charge in [0, 0.05) is 105 Å². The Hall–Kier alpha value is -7.11. The van der Waals surface area contributed by atoms with Crippen LogP contribution in [0.4, 0.5) is 37.2 Å². The van der Waals surface area contributed by atoms with Crippen LogP contribution in [0.15, 0.2) is 96.0 Å². The number of aromatic amines is 1. The number of aromatic nitrogens is 2. The maximum absolute atomic E-state index is 14.9. The van der Waals surface area contributed by atoms with Gasteiger partial charge in [-0.3, -0.25) is 24.7 Å². The summed E-state index contributed by atoms with van der Waals surface area (Å²) >= 11 is 0. The molecule has 3 saturated heterocycles. The second kappa shape index (κ2) is 22.6. The van der Waals surface area contributed by atoms with E-state index in [1.54, 1.807) is 12.3 Å². The lowest BCUT2D eigenvalue weighted by Crippen LogP contribution is -2.60. The van der Waals surface area contributed by atoms with Crippen molar-refractivity contribution in [2.75, 3.05) is 74.2 Å². The van der Waals surface area contributed by atoms with E-state index in [1.807, 2.05) is 57.2 Å². The fraction of sp³-hybridized carbons (Fsp3) is 0.492. The molecule has 4 aromatic carbocycles. The fourth-order valence-corrected chi connectivity index (χ4v) is 15.5. The Morgan fingerprint density at radius 3 is 2.48 bits per heavy atom. The van der Waals surface area contributed by atoms with Crippen molar-refractivity contribution in [3.63, 3.8) is 0 Å². The highest BCUT2D eigenvalue weighted by Crippen LogP contribution is 2.55. The van der Waals surface area contributed by atoms with E-state index in [0.29, 0.717) is 92.2 Å². The number of nitrogens with one attached hydrogen (secondary N) is 3. The highest BCUT2D eigenvalue weighted by atomic mass is 32.2. The van der Waals surface area contributed by atoms with Crippen molar-refractivity contribution in [1.29, 1.82) is 0 Å². The molecule has 1 amide bonds. The molecule has 0 radical (unpaired) electrons. The van der Waals surface area contributed by atoms with Gasteiger partial charge in [0.15, 0.2) is 11.6 Å². The average Bonchev–Trinajstić information content (AvgIpc) is 1.97. The number of carbonyl (C=O) groups excluding carboxylic acids is 1. The fourth-order valence-electron chi connectivity index (χ4n) is 14.5. The first-order valence-corrected chi connectivity index (χ1v) is 31.5. The van der Waals surface area contributed by atoms with Crippen molar-refractivity contribution in [3.8, 4) is 17.4 Å². The van der Waals surface area contributed by atoms with Gasteiger partial charge in [0.05, 0.1) is 58.1 Å². The molecule has 2 saturated carbocycles. The number of nitro groups is 1. The largest absolute Gasteiger partial charge is 0.493 e. The van der Waals surface area contributed by atoms with Crippen molar-refractivity contribution in [2.24, 2.45) is 11.3 Å². The highest BCUT2D eigenvalue weighted by molar-refractivity contribution is 7.90. The van der Waals surface area contributed by atoms with Crippen LogP contribution >= 0.6 is 0 Å². The van der Waals surface area contributed by atoms with Crippen LogP contribution in [0.2, 0.25) is 0 Å². The number of amides is 1. The molecule has 0 bridgehead atoms. The zero-order valence-electron chi connectivity index (χ0n) is 48.1. The van der Waals surface area contributed by atoms with Crippen LogP contribution in [0.1, 0.15) is 119 Å². The molecule has 5 fully saturated rings. The smallest absolute Gasteiger partial charge is 0.293 e. The Morgan fingerprint density at radius 1 is 0.906 bits per heavy atom. The van der Waals surface area contributed by atoms with Crippen LogP contribution in [0, 0.1) is 33.1 Å². The molecule has 13 rings (SSSR count). The summed E-state index contributed by atoms with van der Waals surface area (Å²) in [5, 5.41) is 26.9. The number of piperazine rings is 1. The zero-order chi connectivity index (χ0) is 58.9. The van der Waals surface area contributed by atoms with E-state index < -0.39 is 54.8 Å². The summed E-state index contributed by atoms with van der Waals surface area (Å²) in [6, 6.07) is 23.5. The number of hydrogen-bond acceptors (Lipinski definition) is 16. The van der Waals surface area contributed by atoms with Crippen LogP contribution in [0.5, 0.6) is 17.4 Å². The second-order valence-electron chi connectivity index (χ2n) is 25.0. The summed E-state index contributed by atoms with van der Waals surface area (Å²) in [6.45, 7) is 11.1. The number of hydrogen-bond donors (Lipinski definition) is 4. The summed E-state index contributed by atoms with van der Waals surface area (Å²) in [5.41, 5.74) is 3.48. The maximum Gasteiger partial charge on any atom is 0.293 e. The van der Waals surface area contributed by atoms with Crippen LogP contribution < -0.4 is 34.0 Å². The summed E-state index contributed by atoms with van der Waals surface area (Å²) < 4.78 is 84.9. The number of fused-ring (bicyclic) bond motifs is 4. The SMILES string of the molecule is CC(C)Oc1ccccc1[C@H]1CN([C@H]2CCOc3cc(F)c(F)cc32)CCN1C1CC2(CCN(c3ccc(C(=O)NS(=O)(=O)c4ccc(NCC5CCC(C)(O)CC5)c([N+](=O)[O-])c4)c(N4c5cc6cc[nH]c6nc5O[C@H]5COCC[C@@H]54)c3)CC2)C1. The number of sulfonamides is 1. The van der Waals surface area contributed by atoms with Gasteiger partial charge in [-0.15, -0.1) is 0 Å². The van der Waals surface area contributed by atoms with E-state index in [4.69, 9.17) is 23.9 Å². The van der Waals surface area contributed by atoms with Gasteiger partial charge < -0.3 is 44.2 Å². The molecule has 1 spiro atoms. The summed E-state index contributed by atoms with van der Waals surface area (Å²) in [6.07, 6.45) is 9.09. The minimum Gasteiger partial charge on any atom is -0.493 e. The number of halogens is 2. The topological polar surface area (TPSA) is 217 Å². The van der Waals surface area contributed by atoms with Gasteiger partial charge in [-0.05, 0) is 144 Å². The Balaban J connectivity index is 0.762. The summed E-state index contributed by atoms with van der Waals surface area (Å²) in [4.78, 5) is 43.7. The van der Waals surface area contributed by atoms with Crippen molar-refractivity contribution in [1.82, 2.24) is 24.5 Å². The Kier molecular flexibility index (Phi) is 15.2. The van der Waals surface area contributed by atoms with E-state index in [9.17, 15) is 37.2 Å². The number of rotatable bonds is 14. The van der Waals surface area contributed by atoms with Gasteiger partial charge in [-0.25, -0.2) is 21.9 Å². The Morgan fingerprint density at radius 2 is 1.69 bits per heavy atom. The Bertz CT molecular complexity index is 3630. The number of benzene rings is 4. The van der Waals surface area contributed by atoms with E-state index >= 15 is 0 Å². The quantitative estimate of drug-likeness (QED) is 0.0589. The molecule has 7 heterocycles. The molecule has 19 nitrogen and oxygen atoms in total. The minimum atomic E-state index is -4.67. The van der Waals surface area contributed by atoms with Crippen LogP contribution in [0.25, 0.3) is 11.0 Å². The van der Waals surface area contributed by atoms with Gasteiger partial charge in [-0.2, -0.15) is 4.98 Å². The third-order valence-corrected chi connectivity index (χ3v) is 20.5. The molecule has 85 heavy (non-hydrogen) atoms. The molecule has 2 aliphatic carbocycles. The molecule has 6 aromatic rings. The molecule has 5 aliphatic heterocycles. The number of carbonyl (C=O) groups is 1. The lowest BCUT2D eigenvalue weighted by Gasteiger charge is -2.59. The molecule has 4 atom stereocenters. The molecular formula is C63H73F2N9O10S. The molecule has 22 heteroatoms. The minimum absolute atomic E-state index is 0.0185. The first-order chi connectivity index (χ1) is 40.9. The van der Waals surface area contributed by atoms with Crippen molar-refractivity contribution in [2.45, 2.75) is 132 Å². The number of aliphatic hydroxyl groups is 1. The maximum atomic E-state index is 14.9. The van der Waals surface area contributed by atoms with Gasteiger partial charge in [0.25, 0.3) is 21.6 Å². The van der Waals surface area contributed by atoms with E-state index in [0.717, 1.165) is 93.2 Å². The number of pyridine rings is 1. The molecule has 2 aromatic heterocycles. The highest BCUT2D eigenvalue weighted by Gasteiger charge is 2.51. The average molecular weight is 1190 g/mol. The molecular weight excluding hydrogens is 1110 g/mol. The van der Waals surface area contributed by atoms with Crippen molar-refractivity contribution < 1.29 is 51.0 Å². The second-order valence-corrected chi connectivity index (χ2v) is 26.7. The number of H-pyrrole nitrogens is 1. The van der Waals surface area contributed by atoms with Crippen molar-refractivity contribution >= 4 is 55.4 Å². The van der Waals surface area contributed by atoms with Gasteiger partial charge in [0.1, 0.15) is 34.6 Å². The predicted molar refractivity (Wildman–Crippen MR) is 316 cm³/mol. The molecule has 4 N–H and O–H groups in total. The zero-order valence-corrected chi connectivity index (χ0v) is 48.9. The number of nitrogens with zero attached hydrogens (tertiary/aromatic N) is 6. The van der Waals surface area contributed by atoms with Gasteiger partial charge in [-0.1, -0.05) is 18.2 Å². The lowest BCUT2D eigenvalue weighted by atomic mass is 9.59. The van der Waals surface area contributed by atoms with E-state index in [2.05, 4.69) is 46.8 Å². The summed E-state index contributed by atoms with van der Waals surface area (Å²) in [5.74, 6) is -0.951. The molecule has 7 aliphatic rings. The van der Waals surface area contributed by atoms with Crippen LogP contribution in [-0.4, -0.2) is 133 Å². The third kappa shape index (κ3) is 11.2. The number of ether oxygens (including phenoxy) is 4. The van der Waals surface area contributed by atoms with E-state index in [-0.39, 0.29) is 53.4 Å². The number of anilines is 4. The van der Waals surface area contributed by atoms with Crippen molar-refractivity contribution in [3.05, 3.63) is 130 Å².